The molecule has 1 aliphatic carbocycles. The highest BCUT2D eigenvalue weighted by Gasteiger charge is 2.20. The molecule has 4 rings (SSSR count). The number of fused-ring (bicyclic) bond motifs is 1. The molecule has 1 N–H and O–H groups in total. The van der Waals surface area contributed by atoms with Gasteiger partial charge in [0.1, 0.15) is 10.8 Å². The largest absolute Gasteiger partial charge is 0.302 e. The highest BCUT2D eigenvalue weighted by atomic mass is 32.1. The summed E-state index contributed by atoms with van der Waals surface area (Å²) in [7, 11) is 0. The molecule has 1 amide bonds. The van der Waals surface area contributed by atoms with Crippen molar-refractivity contribution in [1.82, 2.24) is 9.97 Å². The van der Waals surface area contributed by atoms with Crippen molar-refractivity contribution in [1.29, 1.82) is 0 Å². The number of carbonyl (C=O) groups excluding carboxylic acids is 1. The molecule has 1 atom stereocenters. The maximum absolute atomic E-state index is 13.3. The van der Waals surface area contributed by atoms with Crippen LogP contribution in [0.3, 0.4) is 0 Å². The highest BCUT2D eigenvalue weighted by Crippen LogP contribution is 2.32. The molecule has 2 aromatic heterocycles. The van der Waals surface area contributed by atoms with E-state index >= 15 is 0 Å². The molecule has 0 fully saturated rings. The van der Waals surface area contributed by atoms with E-state index in [9.17, 15) is 9.18 Å². The Bertz CT molecular complexity index is 950. The van der Waals surface area contributed by atoms with Crippen LogP contribution in [0.4, 0.5) is 9.52 Å². The Labute approximate surface area is 159 Å². The van der Waals surface area contributed by atoms with E-state index in [1.54, 1.807) is 17.4 Å². The van der Waals surface area contributed by atoms with Gasteiger partial charge < -0.3 is 5.32 Å². The molecule has 0 saturated carbocycles. The smallest absolute Gasteiger partial charge is 0.232 e. The zero-order valence-electron chi connectivity index (χ0n) is 14.3. The van der Waals surface area contributed by atoms with Crippen molar-refractivity contribution < 1.29 is 9.18 Å². The van der Waals surface area contributed by atoms with Gasteiger partial charge in [-0.15, -0.1) is 22.7 Å². The minimum atomic E-state index is -0.293. The molecule has 1 aliphatic rings. The Morgan fingerprint density at radius 1 is 1.38 bits per heavy atom. The summed E-state index contributed by atoms with van der Waals surface area (Å²) in [4.78, 5) is 22.6. The number of hydrogen-bond donors (Lipinski definition) is 1. The minimum absolute atomic E-state index is 0.125. The number of nitrogens with one attached hydrogen (secondary N) is 1. The van der Waals surface area contributed by atoms with Gasteiger partial charge in [0.05, 0.1) is 17.8 Å². The number of aromatic nitrogens is 2. The first-order chi connectivity index (χ1) is 12.6. The maximum Gasteiger partial charge on any atom is 0.232 e. The fourth-order valence-corrected chi connectivity index (χ4v) is 5.07. The number of rotatable bonds is 4. The third kappa shape index (κ3) is 3.83. The predicted molar refractivity (Wildman–Crippen MR) is 103 cm³/mol. The van der Waals surface area contributed by atoms with Gasteiger partial charge >= 0.3 is 0 Å². The van der Waals surface area contributed by atoms with Gasteiger partial charge in [0, 0.05) is 15.8 Å². The van der Waals surface area contributed by atoms with Gasteiger partial charge in [-0.05, 0) is 37.3 Å². The lowest BCUT2D eigenvalue weighted by Crippen LogP contribution is -2.14. The number of benzene rings is 1. The van der Waals surface area contributed by atoms with Crippen molar-refractivity contribution in [3.05, 3.63) is 51.7 Å². The lowest BCUT2D eigenvalue weighted by Gasteiger charge is -2.15. The molecular weight excluding hydrogens is 369 g/mol. The Balaban J connectivity index is 1.41. The van der Waals surface area contributed by atoms with Gasteiger partial charge in [-0.25, -0.2) is 14.4 Å². The first-order valence-corrected chi connectivity index (χ1v) is 10.2. The maximum atomic E-state index is 13.3. The molecule has 0 aliphatic heterocycles. The van der Waals surface area contributed by atoms with E-state index in [2.05, 4.69) is 22.2 Å². The summed E-state index contributed by atoms with van der Waals surface area (Å²) in [5, 5.41) is 6.12. The van der Waals surface area contributed by atoms with Crippen molar-refractivity contribution in [2.75, 3.05) is 5.32 Å². The zero-order valence-corrected chi connectivity index (χ0v) is 15.9. The molecule has 1 unspecified atom stereocenters. The SMILES string of the molecule is CC1CCc2nc(NC(=O)Cc3csc(-c4cccc(F)c4)n3)sc2C1. The second-order valence-electron chi connectivity index (χ2n) is 6.62. The fraction of sp³-hybridized carbons (Fsp3) is 0.316. The van der Waals surface area contributed by atoms with Crippen molar-refractivity contribution in [2.45, 2.75) is 32.6 Å². The quantitative estimate of drug-likeness (QED) is 0.705. The van der Waals surface area contributed by atoms with Crippen LogP contribution in [-0.2, 0) is 24.1 Å². The number of amides is 1. The van der Waals surface area contributed by atoms with Crippen LogP contribution in [0, 0.1) is 11.7 Å². The molecule has 0 saturated heterocycles. The molecule has 3 aromatic rings. The van der Waals surface area contributed by atoms with Crippen molar-refractivity contribution in [3.63, 3.8) is 0 Å². The third-order valence-corrected chi connectivity index (χ3v) is 6.37. The first-order valence-electron chi connectivity index (χ1n) is 8.55. The average Bonchev–Trinajstić information content (AvgIpc) is 3.20. The van der Waals surface area contributed by atoms with Gasteiger partial charge in [0.2, 0.25) is 5.91 Å². The van der Waals surface area contributed by atoms with Gasteiger partial charge in [-0.1, -0.05) is 19.1 Å². The zero-order chi connectivity index (χ0) is 18.1. The van der Waals surface area contributed by atoms with Crippen LogP contribution in [-0.4, -0.2) is 15.9 Å². The lowest BCUT2D eigenvalue weighted by atomic mass is 9.93. The van der Waals surface area contributed by atoms with Crippen LogP contribution < -0.4 is 5.32 Å². The van der Waals surface area contributed by atoms with E-state index in [1.165, 1.54) is 28.3 Å². The molecule has 4 nitrogen and oxygen atoms in total. The minimum Gasteiger partial charge on any atom is -0.302 e. The van der Waals surface area contributed by atoms with E-state index in [4.69, 9.17) is 0 Å². The lowest BCUT2D eigenvalue weighted by molar-refractivity contribution is -0.115. The average molecular weight is 388 g/mol. The second-order valence-corrected chi connectivity index (χ2v) is 8.56. The number of thiazole rings is 2. The summed E-state index contributed by atoms with van der Waals surface area (Å²) in [6, 6.07) is 6.32. The summed E-state index contributed by atoms with van der Waals surface area (Å²) >= 11 is 2.99. The van der Waals surface area contributed by atoms with E-state index in [1.807, 2.05) is 11.4 Å². The Morgan fingerprint density at radius 2 is 2.27 bits per heavy atom. The molecule has 0 bridgehead atoms. The molecule has 0 spiro atoms. The van der Waals surface area contributed by atoms with Crippen LogP contribution in [0.15, 0.2) is 29.6 Å². The Morgan fingerprint density at radius 3 is 3.12 bits per heavy atom. The molecule has 26 heavy (non-hydrogen) atoms. The van der Waals surface area contributed by atoms with E-state index in [0.29, 0.717) is 21.8 Å². The second kappa shape index (κ2) is 7.25. The Hall–Kier alpha value is -2.12. The van der Waals surface area contributed by atoms with Crippen LogP contribution >= 0.6 is 22.7 Å². The number of hydrogen-bond acceptors (Lipinski definition) is 5. The van der Waals surface area contributed by atoms with Crippen molar-refractivity contribution in [3.8, 4) is 10.6 Å². The van der Waals surface area contributed by atoms with Gasteiger partial charge in [0.15, 0.2) is 5.13 Å². The summed E-state index contributed by atoms with van der Waals surface area (Å²) in [5.74, 6) is 0.266. The van der Waals surface area contributed by atoms with Crippen LogP contribution in [0.5, 0.6) is 0 Å². The number of carbonyl (C=O) groups is 1. The molecule has 134 valence electrons. The number of halogens is 1. The van der Waals surface area contributed by atoms with E-state index in [0.717, 1.165) is 30.5 Å². The molecule has 0 radical (unpaired) electrons. The summed E-state index contributed by atoms with van der Waals surface area (Å²) in [5.41, 5.74) is 2.54. The van der Waals surface area contributed by atoms with Gasteiger partial charge in [0.25, 0.3) is 0 Å². The standard InChI is InChI=1S/C19H18FN3OS2/c1-11-5-6-15-16(7-11)26-19(22-15)23-17(24)9-14-10-25-18(21-14)12-3-2-4-13(20)8-12/h2-4,8,10-11H,5-7,9H2,1H3,(H,22,23,24). The normalized spacial score (nSPS) is 16.3. The molecule has 2 heterocycles. The van der Waals surface area contributed by atoms with Crippen molar-refractivity contribution in [2.24, 2.45) is 5.92 Å². The van der Waals surface area contributed by atoms with Crippen LogP contribution in [0.1, 0.15) is 29.6 Å². The van der Waals surface area contributed by atoms with Gasteiger partial charge in [-0.2, -0.15) is 0 Å². The topological polar surface area (TPSA) is 54.9 Å². The number of nitrogens with zero attached hydrogens (tertiary/aromatic N) is 2. The van der Waals surface area contributed by atoms with Crippen molar-refractivity contribution >= 4 is 33.7 Å². The summed E-state index contributed by atoms with van der Waals surface area (Å²) in [6.45, 7) is 2.25. The summed E-state index contributed by atoms with van der Waals surface area (Å²) < 4.78 is 13.3. The predicted octanol–water partition coefficient (Wildman–Crippen LogP) is 4.71. The van der Waals surface area contributed by atoms with E-state index < -0.39 is 0 Å². The Kier molecular flexibility index (Phi) is 4.82. The number of anilines is 1. The van der Waals surface area contributed by atoms with Crippen LogP contribution in [0.2, 0.25) is 0 Å². The number of aryl methyl sites for hydroxylation is 1. The molecular formula is C19H18FN3OS2. The fourth-order valence-electron chi connectivity index (χ4n) is 3.06. The van der Waals surface area contributed by atoms with E-state index in [-0.39, 0.29) is 18.1 Å². The summed E-state index contributed by atoms with van der Waals surface area (Å²) in [6.07, 6.45) is 3.39. The highest BCUT2D eigenvalue weighted by molar-refractivity contribution is 7.16. The molecule has 7 heteroatoms. The monoisotopic (exact) mass is 387 g/mol. The molecule has 1 aromatic carbocycles. The third-order valence-electron chi connectivity index (χ3n) is 4.40. The first kappa shape index (κ1) is 17.3. The van der Waals surface area contributed by atoms with Crippen LogP contribution in [0.25, 0.3) is 10.6 Å². The van der Waals surface area contributed by atoms with Gasteiger partial charge in [-0.3, -0.25) is 4.79 Å².